The molecule has 0 saturated heterocycles. The molecular formula is C20H16N4O2S2. The summed E-state index contributed by atoms with van der Waals surface area (Å²) in [7, 11) is 3.85. The fraction of sp³-hybridized carbons (Fsp3) is 0.150. The van der Waals surface area contributed by atoms with Gasteiger partial charge in [-0.3, -0.25) is 0 Å². The van der Waals surface area contributed by atoms with Crippen molar-refractivity contribution in [3.05, 3.63) is 63.4 Å². The Bertz CT molecular complexity index is 1480. The second-order valence-corrected chi connectivity index (χ2v) is 8.48. The molecule has 0 N–H and O–H groups in total. The summed E-state index contributed by atoms with van der Waals surface area (Å²) in [5, 5.41) is 13.6. The lowest BCUT2D eigenvalue weighted by Gasteiger charge is -2.08. The van der Waals surface area contributed by atoms with Crippen LogP contribution in [0.25, 0.3) is 32.8 Å². The van der Waals surface area contributed by atoms with Crippen molar-refractivity contribution in [1.82, 2.24) is 14.0 Å². The second-order valence-electron chi connectivity index (χ2n) is 6.56. The summed E-state index contributed by atoms with van der Waals surface area (Å²) in [6.07, 6.45) is 0. The molecule has 8 heteroatoms. The number of hydrogen-bond acceptors (Lipinski definition) is 5. The number of hydrogen-bond donors (Lipinski definition) is 0. The minimum atomic E-state index is -0.243. The Hall–Kier alpha value is -2.84. The van der Waals surface area contributed by atoms with Gasteiger partial charge in [0.25, 0.3) is 0 Å². The average Bonchev–Trinajstić information content (AvgIpc) is 3.32. The topological polar surface area (TPSA) is 66.2 Å². The number of para-hydroxylation sites is 4. The predicted octanol–water partition coefficient (Wildman–Crippen LogP) is 1.21. The van der Waals surface area contributed by atoms with Gasteiger partial charge in [0.1, 0.15) is 4.53 Å². The maximum absolute atomic E-state index is 12.9. The number of aryl methyl sites for hydroxylation is 2. The minimum Gasteiger partial charge on any atom is -0.874 e. The van der Waals surface area contributed by atoms with Crippen molar-refractivity contribution in [1.29, 1.82) is 0 Å². The Morgan fingerprint density at radius 3 is 2.68 bits per heavy atom. The summed E-state index contributed by atoms with van der Waals surface area (Å²) >= 11 is 2.61. The molecule has 0 atom stereocenters. The number of imidazole rings is 2. The maximum atomic E-state index is 12.9. The summed E-state index contributed by atoms with van der Waals surface area (Å²) in [5.74, 6) is 0.0115. The number of fused-ring (bicyclic) bond motifs is 4. The third-order valence-corrected chi connectivity index (χ3v) is 7.16. The average molecular weight is 409 g/mol. The molecule has 0 bridgehead atoms. The lowest BCUT2D eigenvalue weighted by atomic mass is 10.3. The van der Waals surface area contributed by atoms with E-state index in [0.29, 0.717) is 0 Å². The molecule has 0 amide bonds. The number of nitrogens with zero attached hydrogens (tertiary/aromatic N) is 4. The van der Waals surface area contributed by atoms with Crippen molar-refractivity contribution in [3.63, 3.8) is 0 Å². The zero-order valence-electron chi connectivity index (χ0n) is 15.2. The molecular weight excluding hydrogens is 392 g/mol. The molecule has 140 valence electrons. The largest absolute Gasteiger partial charge is 0.874 e. The van der Waals surface area contributed by atoms with Gasteiger partial charge in [-0.2, -0.15) is 0 Å². The van der Waals surface area contributed by atoms with E-state index in [1.807, 2.05) is 71.8 Å². The van der Waals surface area contributed by atoms with Gasteiger partial charge in [0.15, 0.2) is 16.2 Å². The van der Waals surface area contributed by atoms with Gasteiger partial charge in [-0.1, -0.05) is 41.8 Å². The van der Waals surface area contributed by atoms with Crippen molar-refractivity contribution in [3.8, 4) is 0 Å². The summed E-state index contributed by atoms with van der Waals surface area (Å²) in [5.41, 5.74) is 3.47. The quantitative estimate of drug-likeness (QED) is 0.332. The van der Waals surface area contributed by atoms with Gasteiger partial charge in [-0.15, -0.1) is 4.40 Å². The van der Waals surface area contributed by atoms with Crippen LogP contribution >= 0.6 is 23.1 Å². The van der Waals surface area contributed by atoms with Gasteiger partial charge in [0.2, 0.25) is 0 Å². The van der Waals surface area contributed by atoms with Crippen LogP contribution in [0.4, 0.5) is 0 Å². The van der Waals surface area contributed by atoms with Crippen LogP contribution in [0.15, 0.2) is 58.5 Å². The molecule has 0 saturated carbocycles. The van der Waals surface area contributed by atoms with Gasteiger partial charge in [-0.05, 0) is 35.6 Å². The van der Waals surface area contributed by atoms with Crippen LogP contribution in [0, 0.1) is 0 Å². The Morgan fingerprint density at radius 2 is 1.89 bits per heavy atom. The summed E-state index contributed by atoms with van der Waals surface area (Å²) in [6.45, 7) is 0. The van der Waals surface area contributed by atoms with Crippen LogP contribution in [-0.2, 0) is 14.1 Å². The lowest BCUT2D eigenvalue weighted by molar-refractivity contribution is -0.616. The third-order valence-electron chi connectivity index (χ3n) is 4.88. The Balaban J connectivity index is 1.58. The van der Waals surface area contributed by atoms with E-state index in [1.54, 1.807) is 4.40 Å². The van der Waals surface area contributed by atoms with Gasteiger partial charge in [-0.25, -0.2) is 14.3 Å². The smallest absolute Gasteiger partial charge is 0.356 e. The molecule has 3 heterocycles. The first-order chi connectivity index (χ1) is 13.6. The van der Waals surface area contributed by atoms with E-state index in [1.165, 1.54) is 23.1 Å². The molecule has 0 unspecified atom stereocenters. The molecule has 3 aromatic heterocycles. The predicted molar refractivity (Wildman–Crippen MR) is 110 cm³/mol. The molecule has 0 spiro atoms. The van der Waals surface area contributed by atoms with Gasteiger partial charge >= 0.3 is 10.5 Å². The molecule has 0 radical (unpaired) electrons. The van der Waals surface area contributed by atoms with Crippen LogP contribution in [0.1, 0.15) is 0 Å². The van der Waals surface area contributed by atoms with Crippen LogP contribution < -0.4 is 19.8 Å². The highest BCUT2D eigenvalue weighted by Crippen LogP contribution is 2.23. The van der Waals surface area contributed by atoms with Crippen molar-refractivity contribution in [2.75, 3.05) is 5.75 Å². The summed E-state index contributed by atoms with van der Waals surface area (Å²) in [6, 6.07) is 15.6. The highest BCUT2D eigenvalue weighted by atomic mass is 32.2. The number of thioether (sulfide) groups is 1. The summed E-state index contributed by atoms with van der Waals surface area (Å²) in [4.78, 5) is 18.3. The number of benzene rings is 2. The zero-order valence-corrected chi connectivity index (χ0v) is 16.9. The summed E-state index contributed by atoms with van der Waals surface area (Å²) < 4.78 is 5.82. The Labute approximate surface area is 168 Å². The van der Waals surface area contributed by atoms with Crippen molar-refractivity contribution < 1.29 is 9.67 Å². The van der Waals surface area contributed by atoms with Crippen LogP contribution in [0.5, 0.6) is 0 Å². The van der Waals surface area contributed by atoms with E-state index in [9.17, 15) is 9.90 Å². The van der Waals surface area contributed by atoms with Gasteiger partial charge in [0, 0.05) is 12.8 Å². The van der Waals surface area contributed by atoms with E-state index < -0.39 is 0 Å². The monoisotopic (exact) mass is 408 g/mol. The Kier molecular flexibility index (Phi) is 3.92. The van der Waals surface area contributed by atoms with Crippen molar-refractivity contribution in [2.24, 2.45) is 14.1 Å². The van der Waals surface area contributed by atoms with E-state index in [-0.39, 0.29) is 21.6 Å². The number of aromatic nitrogens is 4. The zero-order chi connectivity index (χ0) is 19.4. The second kappa shape index (κ2) is 6.35. The molecule has 0 aliphatic rings. The lowest BCUT2D eigenvalue weighted by Crippen LogP contribution is -2.30. The fourth-order valence-electron chi connectivity index (χ4n) is 3.46. The van der Waals surface area contributed by atoms with Crippen LogP contribution in [0.3, 0.4) is 0 Å². The molecule has 5 aromatic rings. The molecule has 2 aromatic carbocycles. The van der Waals surface area contributed by atoms with Gasteiger partial charge < -0.3 is 9.67 Å². The maximum Gasteiger partial charge on any atom is 0.356 e. The van der Waals surface area contributed by atoms with E-state index in [0.717, 1.165) is 32.2 Å². The number of thiazole rings is 1. The van der Waals surface area contributed by atoms with Crippen LogP contribution in [0.2, 0.25) is 0 Å². The molecule has 6 nitrogen and oxygen atoms in total. The molecule has 0 aliphatic heterocycles. The SMILES string of the molecule is Cn1c(SC/C([O-])=c2/sc3n(c2=O)c2ccccc2[n+]3C)nc2ccccc21. The highest BCUT2D eigenvalue weighted by molar-refractivity contribution is 7.99. The first-order valence-electron chi connectivity index (χ1n) is 8.72. The first kappa shape index (κ1) is 17.3. The van der Waals surface area contributed by atoms with E-state index in [2.05, 4.69) is 4.98 Å². The molecule has 28 heavy (non-hydrogen) atoms. The van der Waals surface area contributed by atoms with Crippen molar-refractivity contribution in [2.45, 2.75) is 5.16 Å². The molecule has 0 aliphatic carbocycles. The van der Waals surface area contributed by atoms with Crippen LogP contribution in [-0.4, -0.2) is 19.7 Å². The molecule has 0 fully saturated rings. The Morgan fingerprint density at radius 1 is 1.18 bits per heavy atom. The third kappa shape index (κ3) is 2.45. The van der Waals surface area contributed by atoms with Crippen molar-refractivity contribution >= 4 is 55.9 Å². The normalized spacial score (nSPS) is 13.1. The van der Waals surface area contributed by atoms with E-state index in [4.69, 9.17) is 0 Å². The number of rotatable bonds is 3. The standard InChI is InChI=1S/C20H16N4O2S2/c1-22-13-8-4-3-7-12(13)21-19(22)27-11-16(25)17-18(26)24-15-10-6-5-9-14(15)23(2)20(24)28-17/h3-10H,11H2,1-2H3. The van der Waals surface area contributed by atoms with E-state index >= 15 is 0 Å². The van der Waals surface area contributed by atoms with Gasteiger partial charge in [0.05, 0.1) is 18.1 Å². The first-order valence-corrected chi connectivity index (χ1v) is 10.5. The highest BCUT2D eigenvalue weighted by Gasteiger charge is 2.22. The fourth-order valence-corrected chi connectivity index (χ4v) is 5.47. The molecule has 5 rings (SSSR count). The minimum absolute atomic E-state index is 0.167.